The Morgan fingerprint density at radius 3 is 1.93 bits per heavy atom. The molecule has 2 heterocycles. The number of benzene rings is 2. The van der Waals surface area contributed by atoms with Crippen LogP contribution in [0.1, 0.15) is 85.3 Å². The van der Waals surface area contributed by atoms with Gasteiger partial charge in [-0.3, -0.25) is 9.69 Å². The SMILES string of the molecule is C[C@H]1C(=O)N([C@@H](CCN2CCCCC2)C(O[Si]C(C)(C)C)(c2ccccc2)c2ccccc2)CCN1C(=O)OC(C)(C)C. The molecule has 0 spiro atoms. The Labute approximate surface area is 261 Å². The fraction of sp³-hybridized carbons (Fsp3) is 0.600. The quantitative estimate of drug-likeness (QED) is 0.306. The predicted octanol–water partition coefficient (Wildman–Crippen LogP) is 6.50. The monoisotopic (exact) mass is 605 g/mol. The van der Waals surface area contributed by atoms with Crippen molar-refractivity contribution in [3.05, 3.63) is 71.8 Å². The number of hydrogen-bond donors (Lipinski definition) is 0. The van der Waals surface area contributed by atoms with Crippen molar-refractivity contribution in [3.8, 4) is 0 Å². The molecule has 0 unspecified atom stereocenters. The van der Waals surface area contributed by atoms with Gasteiger partial charge >= 0.3 is 6.09 Å². The second-order valence-corrected chi connectivity index (χ2v) is 15.9. The summed E-state index contributed by atoms with van der Waals surface area (Å²) in [5.74, 6) is -0.0697. The fourth-order valence-corrected chi connectivity index (χ4v) is 7.02. The molecule has 0 N–H and O–H groups in total. The smallest absolute Gasteiger partial charge is 0.411 e. The molecule has 2 fully saturated rings. The zero-order chi connectivity index (χ0) is 31.3. The van der Waals surface area contributed by atoms with Gasteiger partial charge in [-0.1, -0.05) is 87.9 Å². The molecular weight excluding hydrogens is 554 g/mol. The summed E-state index contributed by atoms with van der Waals surface area (Å²) in [4.78, 5) is 33.7. The first kappa shape index (κ1) is 33.2. The Morgan fingerprint density at radius 2 is 1.42 bits per heavy atom. The Hall–Kier alpha value is -2.68. The topological polar surface area (TPSA) is 62.3 Å². The van der Waals surface area contributed by atoms with E-state index in [0.717, 1.165) is 37.2 Å². The summed E-state index contributed by atoms with van der Waals surface area (Å²) in [6.45, 7) is 17.8. The van der Waals surface area contributed by atoms with Crippen LogP contribution < -0.4 is 0 Å². The van der Waals surface area contributed by atoms with Gasteiger partial charge in [-0.05, 0) is 76.2 Å². The van der Waals surface area contributed by atoms with Gasteiger partial charge in [0.25, 0.3) is 0 Å². The summed E-state index contributed by atoms with van der Waals surface area (Å²) < 4.78 is 12.9. The van der Waals surface area contributed by atoms with Crippen LogP contribution in [0.3, 0.4) is 0 Å². The normalized spacial score (nSPS) is 19.8. The van der Waals surface area contributed by atoms with E-state index in [9.17, 15) is 9.59 Å². The molecule has 2 radical (unpaired) electrons. The van der Waals surface area contributed by atoms with Gasteiger partial charge in [0.05, 0.1) is 6.04 Å². The lowest BCUT2D eigenvalue weighted by atomic mass is 9.77. The number of hydrogen-bond acceptors (Lipinski definition) is 5. The summed E-state index contributed by atoms with van der Waals surface area (Å²) in [5.41, 5.74) is 0.548. The fourth-order valence-electron chi connectivity index (χ4n) is 6.18. The standard InChI is InChI=1S/C35H51N3O4Si/c1-27-31(39)38(26-25-37(27)32(40)41-33(2,3)4)30(21-24-36-22-15-10-16-23-36)35(42-43-34(5,6)7,28-17-11-8-12-18-28)29-19-13-9-14-20-29/h8-9,11-14,17-20,27,30H,10,15-16,21-26H2,1-7H3/t27-,30-/m0/s1. The molecule has 7 nitrogen and oxygen atoms in total. The highest BCUT2D eigenvalue weighted by atomic mass is 28.2. The lowest BCUT2D eigenvalue weighted by Gasteiger charge is -2.51. The number of nitrogens with zero attached hydrogens (tertiary/aromatic N) is 3. The van der Waals surface area contributed by atoms with Crippen LogP contribution >= 0.6 is 0 Å². The Kier molecular flexibility index (Phi) is 10.8. The van der Waals surface area contributed by atoms with Gasteiger partial charge < -0.3 is 19.0 Å². The van der Waals surface area contributed by atoms with Crippen molar-refractivity contribution in [2.45, 2.75) is 102 Å². The third kappa shape index (κ3) is 8.28. The van der Waals surface area contributed by atoms with E-state index in [1.807, 2.05) is 44.7 Å². The number of ether oxygens (including phenoxy) is 1. The summed E-state index contributed by atoms with van der Waals surface area (Å²) >= 11 is 0. The van der Waals surface area contributed by atoms with E-state index in [1.165, 1.54) is 19.3 Å². The van der Waals surface area contributed by atoms with Gasteiger partial charge in [-0.15, -0.1) is 0 Å². The van der Waals surface area contributed by atoms with Gasteiger partial charge in [0, 0.05) is 19.6 Å². The first-order valence-corrected chi connectivity index (χ1v) is 16.8. The van der Waals surface area contributed by atoms with Gasteiger partial charge in [0.1, 0.15) is 17.2 Å². The molecule has 2 saturated heterocycles. The molecule has 234 valence electrons. The molecular formula is C35H51N3O4Si. The first-order chi connectivity index (χ1) is 20.3. The summed E-state index contributed by atoms with van der Waals surface area (Å²) in [6, 6.07) is 19.9. The van der Waals surface area contributed by atoms with Crippen molar-refractivity contribution in [1.29, 1.82) is 0 Å². The molecule has 0 saturated carbocycles. The van der Waals surface area contributed by atoms with E-state index in [0.29, 0.717) is 13.1 Å². The van der Waals surface area contributed by atoms with Crippen LogP contribution in [-0.4, -0.2) is 86.9 Å². The highest BCUT2D eigenvalue weighted by Crippen LogP contribution is 2.43. The number of piperazine rings is 1. The van der Waals surface area contributed by atoms with E-state index < -0.39 is 23.3 Å². The maximum Gasteiger partial charge on any atom is 0.411 e. The van der Waals surface area contributed by atoms with Gasteiger partial charge in [0.15, 0.2) is 0 Å². The second kappa shape index (κ2) is 14.0. The molecule has 4 rings (SSSR count). The van der Waals surface area contributed by atoms with Crippen molar-refractivity contribution in [2.75, 3.05) is 32.7 Å². The van der Waals surface area contributed by atoms with Gasteiger partial charge in [-0.25, -0.2) is 4.79 Å². The van der Waals surface area contributed by atoms with Crippen LogP contribution in [0.4, 0.5) is 4.79 Å². The van der Waals surface area contributed by atoms with Crippen molar-refractivity contribution >= 4 is 21.8 Å². The van der Waals surface area contributed by atoms with Gasteiger partial charge in [0.2, 0.25) is 15.7 Å². The summed E-state index contributed by atoms with van der Waals surface area (Å²) in [5, 5.41) is -0.0705. The zero-order valence-electron chi connectivity index (χ0n) is 27.3. The van der Waals surface area contributed by atoms with Crippen molar-refractivity contribution in [1.82, 2.24) is 14.7 Å². The number of carbonyl (C=O) groups is 2. The summed E-state index contributed by atoms with van der Waals surface area (Å²) in [6.07, 6.45) is 4.00. The predicted molar refractivity (Wildman–Crippen MR) is 173 cm³/mol. The molecule has 2 aromatic rings. The van der Waals surface area contributed by atoms with Gasteiger partial charge in [-0.2, -0.15) is 0 Å². The minimum atomic E-state index is -0.895. The Bertz CT molecular complexity index is 1150. The molecule has 2 aromatic carbocycles. The number of rotatable bonds is 9. The Morgan fingerprint density at radius 1 is 0.860 bits per heavy atom. The van der Waals surface area contributed by atoms with Crippen LogP contribution in [0.5, 0.6) is 0 Å². The van der Waals surface area contributed by atoms with Crippen LogP contribution in [0.15, 0.2) is 60.7 Å². The lowest BCUT2D eigenvalue weighted by Crippen LogP contribution is -2.65. The number of piperidine rings is 1. The van der Waals surface area contributed by atoms with E-state index in [2.05, 4.69) is 74.2 Å². The first-order valence-electron chi connectivity index (χ1n) is 15.9. The van der Waals surface area contributed by atoms with E-state index in [4.69, 9.17) is 9.16 Å². The maximum absolute atomic E-state index is 14.4. The number of amides is 2. The maximum atomic E-state index is 14.4. The van der Waals surface area contributed by atoms with Crippen LogP contribution in [-0.2, 0) is 19.6 Å². The highest BCUT2D eigenvalue weighted by Gasteiger charge is 2.50. The zero-order valence-corrected chi connectivity index (χ0v) is 28.3. The molecule has 0 aliphatic carbocycles. The molecule has 2 amide bonds. The molecule has 0 aromatic heterocycles. The minimum Gasteiger partial charge on any atom is -0.444 e. The lowest BCUT2D eigenvalue weighted by molar-refractivity contribution is -0.149. The molecule has 2 atom stereocenters. The second-order valence-electron chi connectivity index (χ2n) is 14.0. The number of likely N-dealkylation sites (tertiary alicyclic amines) is 1. The average Bonchev–Trinajstić information content (AvgIpc) is 2.96. The van der Waals surface area contributed by atoms with E-state index in [-0.39, 0.29) is 26.8 Å². The van der Waals surface area contributed by atoms with Crippen LogP contribution in [0, 0.1) is 0 Å². The largest absolute Gasteiger partial charge is 0.444 e. The molecule has 2 aliphatic heterocycles. The average molecular weight is 606 g/mol. The summed E-state index contributed by atoms with van der Waals surface area (Å²) in [7, 11) is 0.196. The minimum absolute atomic E-state index is 0.0697. The number of carbonyl (C=O) groups excluding carboxylic acids is 2. The molecule has 8 heteroatoms. The van der Waals surface area contributed by atoms with Crippen molar-refractivity contribution in [2.24, 2.45) is 0 Å². The van der Waals surface area contributed by atoms with E-state index in [1.54, 1.807) is 4.90 Å². The van der Waals surface area contributed by atoms with Crippen LogP contribution in [0.25, 0.3) is 0 Å². The Balaban J connectivity index is 1.81. The third-order valence-electron chi connectivity index (χ3n) is 8.25. The van der Waals surface area contributed by atoms with Crippen LogP contribution in [0.2, 0.25) is 5.04 Å². The molecule has 43 heavy (non-hydrogen) atoms. The molecule has 0 bridgehead atoms. The van der Waals surface area contributed by atoms with Crippen molar-refractivity contribution < 1.29 is 18.8 Å². The van der Waals surface area contributed by atoms with E-state index >= 15 is 0 Å². The highest BCUT2D eigenvalue weighted by molar-refractivity contribution is 6.32. The molecule has 2 aliphatic rings. The van der Waals surface area contributed by atoms with Crippen molar-refractivity contribution in [3.63, 3.8) is 0 Å². The third-order valence-corrected chi connectivity index (χ3v) is 9.29.